The number of hydrogen-bond donors (Lipinski definition) is 4. The molecule has 0 bridgehead atoms. The lowest BCUT2D eigenvalue weighted by Gasteiger charge is -2.39. The molecule has 1 fully saturated rings. The Morgan fingerprint density at radius 2 is 0.828 bits per heavy atom. The van der Waals surface area contributed by atoms with Crippen molar-refractivity contribution in [3.63, 3.8) is 0 Å². The molecular formula is C54H100O10. The molecule has 4 N–H and O–H groups in total. The second-order valence-corrected chi connectivity index (χ2v) is 18.7. The number of carbonyl (C=O) groups excluding carboxylic acids is 2. The molecule has 0 aliphatic carbocycles. The molecule has 1 saturated heterocycles. The largest absolute Gasteiger partial charge is 0.462 e. The fourth-order valence-electron chi connectivity index (χ4n) is 8.30. The van der Waals surface area contributed by atoms with Gasteiger partial charge in [-0.3, -0.25) is 9.59 Å². The van der Waals surface area contributed by atoms with E-state index in [0.717, 1.165) is 51.4 Å². The minimum Gasteiger partial charge on any atom is -0.462 e. The average molecular weight is 909 g/mol. The fourth-order valence-corrected chi connectivity index (χ4v) is 8.30. The fraction of sp³-hybridized carbons (Fsp3) is 0.889. The van der Waals surface area contributed by atoms with Crippen LogP contribution in [0.25, 0.3) is 0 Å². The highest BCUT2D eigenvalue weighted by atomic mass is 16.7. The number of carbonyl (C=O) groups is 2. The third kappa shape index (κ3) is 35.4. The number of ether oxygens (including phenoxy) is 4. The number of aliphatic hydroxyl groups is 4. The molecule has 6 unspecified atom stereocenters. The van der Waals surface area contributed by atoms with Crippen molar-refractivity contribution in [2.75, 3.05) is 19.8 Å². The Balaban J connectivity index is 2.24. The second kappa shape index (κ2) is 45.0. The van der Waals surface area contributed by atoms with E-state index < -0.39 is 49.4 Å². The predicted octanol–water partition coefficient (Wildman–Crippen LogP) is 12.8. The highest BCUT2D eigenvalue weighted by Gasteiger charge is 2.44. The molecule has 0 aromatic carbocycles. The van der Waals surface area contributed by atoms with Gasteiger partial charge in [-0.15, -0.1) is 0 Å². The molecule has 1 heterocycles. The summed E-state index contributed by atoms with van der Waals surface area (Å²) in [6.07, 6.45) is 44.7. The first kappa shape index (κ1) is 60.2. The monoisotopic (exact) mass is 909 g/mol. The van der Waals surface area contributed by atoms with E-state index in [9.17, 15) is 30.0 Å². The summed E-state index contributed by atoms with van der Waals surface area (Å²) in [7, 11) is 0. The van der Waals surface area contributed by atoms with Gasteiger partial charge >= 0.3 is 11.9 Å². The third-order valence-corrected chi connectivity index (χ3v) is 12.6. The molecule has 6 atom stereocenters. The van der Waals surface area contributed by atoms with Crippen molar-refractivity contribution in [3.8, 4) is 0 Å². The van der Waals surface area contributed by atoms with Crippen LogP contribution < -0.4 is 0 Å². The summed E-state index contributed by atoms with van der Waals surface area (Å²) in [6, 6.07) is 0. The number of esters is 2. The van der Waals surface area contributed by atoms with Gasteiger partial charge in [0.05, 0.1) is 13.2 Å². The van der Waals surface area contributed by atoms with Gasteiger partial charge in [0, 0.05) is 12.8 Å². The highest BCUT2D eigenvalue weighted by molar-refractivity contribution is 5.70. The summed E-state index contributed by atoms with van der Waals surface area (Å²) in [5.41, 5.74) is 0. The van der Waals surface area contributed by atoms with Crippen LogP contribution in [0.4, 0.5) is 0 Å². The summed E-state index contributed by atoms with van der Waals surface area (Å²) >= 11 is 0. The molecular weight excluding hydrogens is 809 g/mol. The molecule has 1 rings (SSSR count). The number of hydrogen-bond acceptors (Lipinski definition) is 10. The Kier molecular flexibility index (Phi) is 42.3. The van der Waals surface area contributed by atoms with Crippen molar-refractivity contribution in [3.05, 3.63) is 24.3 Å². The van der Waals surface area contributed by atoms with Crippen LogP contribution in [0, 0.1) is 0 Å². The van der Waals surface area contributed by atoms with E-state index in [2.05, 4.69) is 38.2 Å². The lowest BCUT2D eigenvalue weighted by Crippen LogP contribution is -2.59. The normalized spacial score (nSPS) is 19.5. The van der Waals surface area contributed by atoms with E-state index >= 15 is 0 Å². The second-order valence-electron chi connectivity index (χ2n) is 18.7. The summed E-state index contributed by atoms with van der Waals surface area (Å²) in [5, 5.41) is 40.2. The number of allylic oxidation sites excluding steroid dienone is 4. The molecule has 10 nitrogen and oxygen atoms in total. The summed E-state index contributed by atoms with van der Waals surface area (Å²) in [5.74, 6) is -0.803. The smallest absolute Gasteiger partial charge is 0.306 e. The Hall–Kier alpha value is -1.82. The van der Waals surface area contributed by atoms with Crippen molar-refractivity contribution < 1.29 is 49.0 Å². The van der Waals surface area contributed by atoms with Gasteiger partial charge < -0.3 is 39.4 Å². The third-order valence-electron chi connectivity index (χ3n) is 12.6. The van der Waals surface area contributed by atoms with Crippen LogP contribution in [0.1, 0.15) is 251 Å². The molecule has 0 saturated carbocycles. The van der Waals surface area contributed by atoms with E-state index in [1.165, 1.54) is 167 Å². The molecule has 0 radical (unpaired) electrons. The van der Waals surface area contributed by atoms with E-state index in [1.807, 2.05) is 0 Å². The average Bonchev–Trinajstić information content (AvgIpc) is 3.29. The number of aliphatic hydroxyl groups excluding tert-OH is 4. The van der Waals surface area contributed by atoms with Crippen LogP contribution in [-0.4, -0.2) is 89.0 Å². The number of unbranched alkanes of at least 4 members (excludes halogenated alkanes) is 31. The highest BCUT2D eigenvalue weighted by Crippen LogP contribution is 2.23. The molecule has 64 heavy (non-hydrogen) atoms. The molecule has 0 aromatic heterocycles. The first-order chi connectivity index (χ1) is 31.3. The Bertz CT molecular complexity index is 1100. The zero-order valence-electron chi connectivity index (χ0n) is 41.3. The Morgan fingerprint density at radius 1 is 0.469 bits per heavy atom. The van der Waals surface area contributed by atoms with Crippen LogP contribution in [0.15, 0.2) is 24.3 Å². The molecule has 0 aromatic rings. The van der Waals surface area contributed by atoms with Gasteiger partial charge in [0.15, 0.2) is 12.4 Å². The molecule has 1 aliphatic rings. The quantitative estimate of drug-likeness (QED) is 0.0264. The van der Waals surface area contributed by atoms with Crippen molar-refractivity contribution >= 4 is 11.9 Å². The zero-order chi connectivity index (χ0) is 46.6. The maximum absolute atomic E-state index is 12.8. The minimum atomic E-state index is -1.59. The van der Waals surface area contributed by atoms with E-state index in [1.54, 1.807) is 0 Å². The molecule has 0 spiro atoms. The van der Waals surface area contributed by atoms with Crippen molar-refractivity contribution in [1.82, 2.24) is 0 Å². The van der Waals surface area contributed by atoms with Crippen LogP contribution >= 0.6 is 0 Å². The standard InChI is InChI=1S/C54H100O10/c1-3-5-7-9-11-13-15-17-19-21-23-24-25-27-29-31-33-35-37-39-41-43-50(57)63-47(46-62-54-53(60)52(59)51(58)48(44-55)64-54)45-61-49(56)42-40-38-36-34-32-30-28-26-22-20-18-16-14-12-10-8-6-4-2/h20-23,47-48,51-55,58-60H,3-19,24-46H2,1-2H3/b22-20-,23-21-. The van der Waals surface area contributed by atoms with Gasteiger partial charge in [-0.05, 0) is 64.2 Å². The summed E-state index contributed by atoms with van der Waals surface area (Å²) in [4.78, 5) is 25.5. The van der Waals surface area contributed by atoms with Crippen molar-refractivity contribution in [2.45, 2.75) is 288 Å². The van der Waals surface area contributed by atoms with Gasteiger partial charge in [0.1, 0.15) is 31.0 Å². The lowest BCUT2D eigenvalue weighted by atomic mass is 9.99. The van der Waals surface area contributed by atoms with E-state index in [0.29, 0.717) is 6.42 Å². The maximum atomic E-state index is 12.8. The molecule has 376 valence electrons. The van der Waals surface area contributed by atoms with Crippen LogP contribution in [-0.2, 0) is 28.5 Å². The predicted molar refractivity (Wildman–Crippen MR) is 261 cm³/mol. The van der Waals surface area contributed by atoms with E-state index in [4.69, 9.17) is 18.9 Å². The molecule has 0 amide bonds. The van der Waals surface area contributed by atoms with Gasteiger partial charge in [-0.25, -0.2) is 0 Å². The van der Waals surface area contributed by atoms with Crippen LogP contribution in [0.2, 0.25) is 0 Å². The van der Waals surface area contributed by atoms with Crippen LogP contribution in [0.3, 0.4) is 0 Å². The van der Waals surface area contributed by atoms with Crippen molar-refractivity contribution in [1.29, 1.82) is 0 Å². The minimum absolute atomic E-state index is 0.217. The van der Waals surface area contributed by atoms with Gasteiger partial charge in [0.2, 0.25) is 0 Å². The van der Waals surface area contributed by atoms with E-state index in [-0.39, 0.29) is 32.0 Å². The first-order valence-corrected chi connectivity index (χ1v) is 26.9. The summed E-state index contributed by atoms with van der Waals surface area (Å²) < 4.78 is 22.3. The Morgan fingerprint density at radius 3 is 1.22 bits per heavy atom. The van der Waals surface area contributed by atoms with Crippen molar-refractivity contribution in [2.24, 2.45) is 0 Å². The topological polar surface area (TPSA) is 152 Å². The molecule has 1 aliphatic heterocycles. The first-order valence-electron chi connectivity index (χ1n) is 26.9. The zero-order valence-corrected chi connectivity index (χ0v) is 41.3. The molecule has 10 heteroatoms. The Labute approximate surface area is 392 Å². The van der Waals surface area contributed by atoms with Gasteiger partial charge in [0.25, 0.3) is 0 Å². The van der Waals surface area contributed by atoms with Crippen LogP contribution in [0.5, 0.6) is 0 Å². The SMILES string of the molecule is CCCCCCCCC/C=C\CCCCCCCCCC(=O)OCC(COC1OC(CO)C(O)C(O)C1O)OC(=O)CCCCCCCCCCC/C=C\CCCCCCCCCC. The van der Waals surface area contributed by atoms with Gasteiger partial charge in [-0.1, -0.05) is 199 Å². The maximum Gasteiger partial charge on any atom is 0.306 e. The van der Waals surface area contributed by atoms with Gasteiger partial charge in [-0.2, -0.15) is 0 Å². The number of rotatable bonds is 46. The lowest BCUT2D eigenvalue weighted by molar-refractivity contribution is -0.305. The summed E-state index contributed by atoms with van der Waals surface area (Å²) in [6.45, 7) is 3.45.